The first-order chi connectivity index (χ1) is 15.1. The summed E-state index contributed by atoms with van der Waals surface area (Å²) < 4.78 is 6.11. The third-order valence-electron chi connectivity index (χ3n) is 6.29. The molecule has 2 aliphatic rings. The van der Waals surface area contributed by atoms with E-state index in [2.05, 4.69) is 30.3 Å². The molecule has 4 rings (SSSR count). The molecule has 1 fully saturated rings. The second-order valence-corrected chi connectivity index (χ2v) is 10.8. The van der Waals surface area contributed by atoms with Crippen molar-refractivity contribution in [3.8, 4) is 0 Å². The summed E-state index contributed by atoms with van der Waals surface area (Å²) in [5, 5.41) is 12.4. The van der Waals surface area contributed by atoms with Crippen LogP contribution in [-0.2, 0) is 16.0 Å². The highest BCUT2D eigenvalue weighted by atomic mass is 35.5. The largest absolute Gasteiger partial charge is 0.479 e. The van der Waals surface area contributed by atoms with Crippen LogP contribution in [0.3, 0.4) is 0 Å². The van der Waals surface area contributed by atoms with Crippen LogP contribution in [0.4, 0.5) is 0 Å². The Kier molecular flexibility index (Phi) is 6.51. The molecule has 1 N–H and O–H groups in total. The highest BCUT2D eigenvalue weighted by Gasteiger charge is 2.32. The van der Waals surface area contributed by atoms with Gasteiger partial charge in [0, 0.05) is 5.56 Å². The van der Waals surface area contributed by atoms with E-state index >= 15 is 0 Å². The third kappa shape index (κ3) is 5.27. The summed E-state index contributed by atoms with van der Waals surface area (Å²) in [5.41, 5.74) is 4.37. The standard InChI is InChI=1S/C28H33ClO3/c1-17-15-21-10-9-19(8-7-18-5-6-18)16-23(21)25(20-11-13-22(29)14-12-20)24(17)26(27(30)31)32-28(2,3)4/h9-13,15-16,18,22,26H,5-8,14H2,1-4H3,(H,30,31). The van der Waals surface area contributed by atoms with E-state index in [1.165, 1.54) is 24.8 Å². The van der Waals surface area contributed by atoms with Gasteiger partial charge in [-0.2, -0.15) is 0 Å². The van der Waals surface area contributed by atoms with E-state index in [1.54, 1.807) is 0 Å². The lowest BCUT2D eigenvalue weighted by atomic mass is 9.84. The van der Waals surface area contributed by atoms with E-state index in [1.807, 2.05) is 39.8 Å². The highest BCUT2D eigenvalue weighted by molar-refractivity contribution is 6.22. The predicted molar refractivity (Wildman–Crippen MR) is 132 cm³/mol. The highest BCUT2D eigenvalue weighted by Crippen LogP contribution is 2.41. The molecule has 170 valence electrons. The zero-order chi connectivity index (χ0) is 23.0. The summed E-state index contributed by atoms with van der Waals surface area (Å²) >= 11 is 6.31. The molecule has 2 unspecified atom stereocenters. The van der Waals surface area contributed by atoms with E-state index in [4.69, 9.17) is 16.3 Å². The molecule has 0 amide bonds. The van der Waals surface area contributed by atoms with Crippen LogP contribution in [0.2, 0.25) is 0 Å². The number of carboxylic acids is 1. The third-order valence-corrected chi connectivity index (χ3v) is 6.61. The van der Waals surface area contributed by atoms with Gasteiger partial charge in [0.15, 0.2) is 6.10 Å². The summed E-state index contributed by atoms with van der Waals surface area (Å²) in [6.45, 7) is 7.67. The van der Waals surface area contributed by atoms with Gasteiger partial charge < -0.3 is 9.84 Å². The Balaban J connectivity index is 1.92. The Morgan fingerprint density at radius 3 is 2.59 bits per heavy atom. The fraction of sp³-hybridized carbons (Fsp3) is 0.464. The maximum atomic E-state index is 12.4. The maximum Gasteiger partial charge on any atom is 0.337 e. The van der Waals surface area contributed by atoms with Crippen molar-refractivity contribution in [2.45, 2.75) is 76.9 Å². The SMILES string of the molecule is Cc1cc2ccc(CCC3CC3)cc2c(C2=CCC(Cl)C=C2)c1C(OC(C)(C)C)C(=O)O. The van der Waals surface area contributed by atoms with E-state index in [-0.39, 0.29) is 5.38 Å². The topological polar surface area (TPSA) is 46.5 Å². The Morgan fingerprint density at radius 2 is 2.00 bits per heavy atom. The minimum atomic E-state index is -1.05. The van der Waals surface area contributed by atoms with Crippen LogP contribution in [0, 0.1) is 12.8 Å². The van der Waals surface area contributed by atoms with Gasteiger partial charge in [-0.15, -0.1) is 11.6 Å². The molecule has 0 spiro atoms. The molecule has 1 saturated carbocycles. The molecule has 0 heterocycles. The summed E-state index contributed by atoms with van der Waals surface area (Å²) in [5.74, 6) is -0.0934. The molecule has 0 aliphatic heterocycles. The van der Waals surface area contributed by atoms with Gasteiger partial charge in [0.25, 0.3) is 0 Å². The zero-order valence-electron chi connectivity index (χ0n) is 19.5. The molecule has 0 saturated heterocycles. The van der Waals surface area contributed by atoms with Crippen molar-refractivity contribution in [2.75, 3.05) is 0 Å². The number of halogens is 1. The van der Waals surface area contributed by atoms with Crippen LogP contribution in [-0.4, -0.2) is 22.1 Å². The summed E-state index contributed by atoms with van der Waals surface area (Å²) in [6, 6.07) is 8.75. The van der Waals surface area contributed by atoms with Gasteiger partial charge in [0.2, 0.25) is 0 Å². The van der Waals surface area contributed by atoms with Crippen LogP contribution < -0.4 is 0 Å². The molecule has 2 aliphatic carbocycles. The summed E-state index contributed by atoms with van der Waals surface area (Å²) in [6.07, 6.45) is 10.8. The fourth-order valence-corrected chi connectivity index (χ4v) is 4.71. The molecule has 0 bridgehead atoms. The lowest BCUT2D eigenvalue weighted by molar-refractivity contribution is -0.160. The van der Waals surface area contributed by atoms with Crippen molar-refractivity contribution in [1.29, 1.82) is 0 Å². The first-order valence-corrected chi connectivity index (χ1v) is 12.1. The monoisotopic (exact) mass is 452 g/mol. The van der Waals surface area contributed by atoms with E-state index in [0.29, 0.717) is 0 Å². The van der Waals surface area contributed by atoms with Gasteiger partial charge in [0.05, 0.1) is 11.0 Å². The Morgan fingerprint density at radius 1 is 1.25 bits per heavy atom. The molecule has 2 atom stereocenters. The van der Waals surface area contributed by atoms with Crippen LogP contribution in [0.5, 0.6) is 0 Å². The molecular weight excluding hydrogens is 420 g/mol. The first kappa shape index (κ1) is 23.1. The van der Waals surface area contributed by atoms with Gasteiger partial charge in [-0.1, -0.05) is 55.3 Å². The van der Waals surface area contributed by atoms with Crippen molar-refractivity contribution in [2.24, 2.45) is 5.92 Å². The number of aryl methyl sites for hydroxylation is 2. The average Bonchev–Trinajstić information content (AvgIpc) is 3.54. The minimum Gasteiger partial charge on any atom is -0.479 e. The van der Waals surface area contributed by atoms with Crippen molar-refractivity contribution in [1.82, 2.24) is 0 Å². The number of fused-ring (bicyclic) bond motifs is 1. The summed E-state index contributed by atoms with van der Waals surface area (Å²) in [7, 11) is 0. The Hall–Kier alpha value is -2.10. The summed E-state index contributed by atoms with van der Waals surface area (Å²) in [4.78, 5) is 12.4. The van der Waals surface area contributed by atoms with Gasteiger partial charge in [-0.25, -0.2) is 4.79 Å². The number of alkyl halides is 1. The van der Waals surface area contributed by atoms with Crippen molar-refractivity contribution < 1.29 is 14.6 Å². The van der Waals surface area contributed by atoms with Crippen molar-refractivity contribution in [3.63, 3.8) is 0 Å². The molecule has 3 nitrogen and oxygen atoms in total. The van der Waals surface area contributed by atoms with Gasteiger partial charge in [0.1, 0.15) is 0 Å². The molecular formula is C28H33ClO3. The molecule has 2 aromatic carbocycles. The number of hydrogen-bond donors (Lipinski definition) is 1. The number of benzene rings is 2. The molecule has 0 aromatic heterocycles. The minimum absolute atomic E-state index is 0.0338. The number of carbonyl (C=O) groups is 1. The fourth-order valence-electron chi connectivity index (χ4n) is 4.55. The molecule has 2 aromatic rings. The van der Waals surface area contributed by atoms with Gasteiger partial charge in [-0.3, -0.25) is 0 Å². The van der Waals surface area contributed by atoms with Crippen LogP contribution in [0.1, 0.15) is 74.8 Å². The van der Waals surface area contributed by atoms with E-state index < -0.39 is 17.7 Å². The molecule has 4 heteroatoms. The number of hydrogen-bond acceptors (Lipinski definition) is 2. The Bertz CT molecular complexity index is 1090. The Labute approximate surface area is 196 Å². The second kappa shape index (κ2) is 9.03. The lowest BCUT2D eigenvalue weighted by Gasteiger charge is -2.29. The average molecular weight is 453 g/mol. The number of rotatable bonds is 7. The smallest absolute Gasteiger partial charge is 0.337 e. The first-order valence-electron chi connectivity index (χ1n) is 11.6. The number of aliphatic carboxylic acids is 1. The normalized spacial score (nSPS) is 19.8. The van der Waals surface area contributed by atoms with Gasteiger partial charge >= 0.3 is 5.97 Å². The zero-order valence-corrected chi connectivity index (χ0v) is 20.2. The second-order valence-electron chi connectivity index (χ2n) is 10.2. The number of allylic oxidation sites excluding steroid dienone is 4. The van der Waals surface area contributed by atoms with Crippen molar-refractivity contribution in [3.05, 3.63) is 64.7 Å². The maximum absolute atomic E-state index is 12.4. The van der Waals surface area contributed by atoms with Crippen LogP contribution in [0.15, 0.2) is 42.5 Å². The van der Waals surface area contributed by atoms with Gasteiger partial charge in [-0.05, 0) is 85.9 Å². The molecule has 0 radical (unpaired) electrons. The number of ether oxygens (including phenoxy) is 1. The molecule has 32 heavy (non-hydrogen) atoms. The quantitative estimate of drug-likeness (QED) is 0.445. The lowest BCUT2D eigenvalue weighted by Crippen LogP contribution is -2.28. The van der Waals surface area contributed by atoms with Crippen molar-refractivity contribution >= 4 is 33.9 Å². The predicted octanol–water partition coefficient (Wildman–Crippen LogP) is 7.38. The van der Waals surface area contributed by atoms with E-state index in [0.717, 1.165) is 51.8 Å². The van der Waals surface area contributed by atoms with Crippen LogP contribution >= 0.6 is 11.6 Å². The number of carboxylic acid groups (broad SMARTS) is 1. The van der Waals surface area contributed by atoms with Crippen LogP contribution in [0.25, 0.3) is 16.3 Å². The van der Waals surface area contributed by atoms with E-state index in [9.17, 15) is 9.90 Å².